The molecule has 2 aromatic rings. The molecule has 1 fully saturated rings. The Labute approximate surface area is 188 Å². The quantitative estimate of drug-likeness (QED) is 0.539. The molecule has 0 N–H and O–H groups in total. The normalized spacial score (nSPS) is 21.7. The Hall–Kier alpha value is -2.32. The van der Waals surface area contributed by atoms with Crippen LogP contribution in [0.15, 0.2) is 78.5 Å². The summed E-state index contributed by atoms with van der Waals surface area (Å²) in [5.74, 6) is 0. The second-order valence-electron chi connectivity index (χ2n) is 9.53. The van der Waals surface area contributed by atoms with Crippen molar-refractivity contribution >= 4 is 0 Å². The number of hydrogen-bond acceptors (Lipinski definition) is 2. The molecule has 1 heterocycles. The van der Waals surface area contributed by atoms with Crippen molar-refractivity contribution in [3.05, 3.63) is 95.2 Å². The van der Waals surface area contributed by atoms with Crippen LogP contribution >= 0.6 is 0 Å². The van der Waals surface area contributed by atoms with E-state index in [0.29, 0.717) is 12.1 Å². The third kappa shape index (κ3) is 4.96. The van der Waals surface area contributed by atoms with Gasteiger partial charge >= 0.3 is 0 Å². The predicted molar refractivity (Wildman–Crippen MR) is 130 cm³/mol. The van der Waals surface area contributed by atoms with E-state index in [1.165, 1.54) is 75.7 Å². The summed E-state index contributed by atoms with van der Waals surface area (Å²) in [6.45, 7) is 3.52. The van der Waals surface area contributed by atoms with E-state index in [1.54, 1.807) is 11.1 Å². The Bertz CT molecular complexity index is 888. The highest BCUT2D eigenvalue weighted by Gasteiger charge is 2.29. The molecule has 1 saturated heterocycles. The second kappa shape index (κ2) is 9.87. The lowest BCUT2D eigenvalue weighted by molar-refractivity contribution is 0.117. The molecular formula is C29H36N2. The Morgan fingerprint density at radius 1 is 0.871 bits per heavy atom. The van der Waals surface area contributed by atoms with Gasteiger partial charge in [-0.3, -0.25) is 4.90 Å². The molecule has 1 aliphatic heterocycles. The smallest absolute Gasteiger partial charge is 0.0370 e. The molecule has 1 atom stereocenters. The van der Waals surface area contributed by atoms with Gasteiger partial charge < -0.3 is 4.90 Å². The topological polar surface area (TPSA) is 6.48 Å². The minimum absolute atomic E-state index is 0.609. The van der Waals surface area contributed by atoms with Crippen LogP contribution < -0.4 is 0 Å². The second-order valence-corrected chi connectivity index (χ2v) is 9.53. The zero-order valence-electron chi connectivity index (χ0n) is 18.8. The Kier molecular flexibility index (Phi) is 6.55. The van der Waals surface area contributed by atoms with Crippen molar-refractivity contribution in [2.75, 3.05) is 13.1 Å². The first-order valence-corrected chi connectivity index (χ1v) is 12.3. The SMILES string of the molecule is C1=CC(N(CCC2CCCCN2Cc2ccccc2)C2Cc3ccccc3C2)=CCC1. The van der Waals surface area contributed by atoms with E-state index in [9.17, 15) is 0 Å². The molecule has 1 unspecified atom stereocenters. The summed E-state index contributed by atoms with van der Waals surface area (Å²) in [6.07, 6.45) is 17.3. The van der Waals surface area contributed by atoms with Crippen LogP contribution in [0.5, 0.6) is 0 Å². The molecule has 31 heavy (non-hydrogen) atoms. The predicted octanol–water partition coefficient (Wildman–Crippen LogP) is 6.13. The lowest BCUT2D eigenvalue weighted by Crippen LogP contribution is -2.43. The van der Waals surface area contributed by atoms with Gasteiger partial charge in [-0.25, -0.2) is 0 Å². The van der Waals surface area contributed by atoms with E-state index in [2.05, 4.69) is 82.6 Å². The minimum atomic E-state index is 0.609. The number of fused-ring (bicyclic) bond motifs is 1. The van der Waals surface area contributed by atoms with E-state index in [0.717, 1.165) is 6.54 Å². The average molecular weight is 413 g/mol. The third-order valence-corrected chi connectivity index (χ3v) is 7.46. The fourth-order valence-corrected chi connectivity index (χ4v) is 5.79. The van der Waals surface area contributed by atoms with Crippen molar-refractivity contribution in [1.82, 2.24) is 9.80 Å². The number of piperidine rings is 1. The molecule has 0 aromatic heterocycles. The summed E-state index contributed by atoms with van der Waals surface area (Å²) in [4.78, 5) is 5.51. The Morgan fingerprint density at radius 3 is 2.39 bits per heavy atom. The van der Waals surface area contributed by atoms with Crippen LogP contribution in [0, 0.1) is 0 Å². The lowest BCUT2D eigenvalue weighted by atomic mass is 9.97. The standard InChI is InChI=1S/C29H36N2/c1-3-11-24(12-4-1)23-30-19-10-9-15-27(30)18-20-31(28-16-5-2-6-17-28)29-21-25-13-7-8-14-26(25)22-29/h1,3-5,7-8,11-14,16-17,27,29H,2,6,9-10,15,18-23H2. The van der Waals surface area contributed by atoms with Gasteiger partial charge in [-0.15, -0.1) is 0 Å². The lowest BCUT2D eigenvalue weighted by Gasteiger charge is -2.39. The summed E-state index contributed by atoms with van der Waals surface area (Å²) in [5, 5.41) is 0. The molecule has 2 aromatic carbocycles. The highest BCUT2D eigenvalue weighted by Crippen LogP contribution is 2.30. The Morgan fingerprint density at radius 2 is 1.65 bits per heavy atom. The van der Waals surface area contributed by atoms with Crippen LogP contribution in [0.2, 0.25) is 0 Å². The fourth-order valence-electron chi connectivity index (χ4n) is 5.79. The van der Waals surface area contributed by atoms with Crippen LogP contribution in [0.3, 0.4) is 0 Å². The number of nitrogens with zero attached hydrogens (tertiary/aromatic N) is 2. The molecule has 162 valence electrons. The van der Waals surface area contributed by atoms with Crippen LogP contribution in [-0.2, 0) is 19.4 Å². The van der Waals surface area contributed by atoms with E-state index in [1.807, 2.05) is 0 Å². The van der Waals surface area contributed by atoms with Crippen molar-refractivity contribution in [2.45, 2.75) is 70.0 Å². The number of allylic oxidation sites excluding steroid dienone is 3. The van der Waals surface area contributed by atoms with E-state index < -0.39 is 0 Å². The van der Waals surface area contributed by atoms with E-state index in [4.69, 9.17) is 0 Å². The molecule has 0 saturated carbocycles. The minimum Gasteiger partial charge on any atom is -0.368 e. The maximum absolute atomic E-state index is 2.76. The molecule has 2 nitrogen and oxygen atoms in total. The summed E-state index contributed by atoms with van der Waals surface area (Å²) in [7, 11) is 0. The van der Waals surface area contributed by atoms with Crippen LogP contribution in [0.4, 0.5) is 0 Å². The van der Waals surface area contributed by atoms with Crippen molar-refractivity contribution in [3.63, 3.8) is 0 Å². The fraction of sp³-hybridized carbons (Fsp3) is 0.448. The zero-order valence-corrected chi connectivity index (χ0v) is 18.8. The Balaban J connectivity index is 1.28. The molecule has 0 spiro atoms. The number of likely N-dealkylation sites (tertiary alicyclic amines) is 1. The molecule has 0 bridgehead atoms. The average Bonchev–Trinajstić information content (AvgIpc) is 3.25. The van der Waals surface area contributed by atoms with Crippen LogP contribution in [0.1, 0.15) is 55.2 Å². The largest absolute Gasteiger partial charge is 0.368 e. The number of rotatable bonds is 7. The molecule has 2 heteroatoms. The van der Waals surface area contributed by atoms with Gasteiger partial charge in [0.05, 0.1) is 0 Å². The summed E-state index contributed by atoms with van der Waals surface area (Å²) in [5.41, 5.74) is 6.03. The van der Waals surface area contributed by atoms with Gasteiger partial charge in [-0.1, -0.05) is 73.2 Å². The summed E-state index contributed by atoms with van der Waals surface area (Å²) < 4.78 is 0. The van der Waals surface area contributed by atoms with Crippen LogP contribution in [-0.4, -0.2) is 35.0 Å². The zero-order chi connectivity index (χ0) is 20.9. The van der Waals surface area contributed by atoms with Gasteiger partial charge in [0.15, 0.2) is 0 Å². The number of hydrogen-bond donors (Lipinski definition) is 0. The van der Waals surface area contributed by atoms with Crippen LogP contribution in [0.25, 0.3) is 0 Å². The third-order valence-electron chi connectivity index (χ3n) is 7.46. The molecule has 5 rings (SSSR count). The molecule has 0 radical (unpaired) electrons. The van der Waals surface area contributed by atoms with Gasteiger partial charge in [0.2, 0.25) is 0 Å². The van der Waals surface area contributed by atoms with Crippen molar-refractivity contribution in [2.24, 2.45) is 0 Å². The van der Waals surface area contributed by atoms with Gasteiger partial charge in [0.1, 0.15) is 0 Å². The highest BCUT2D eigenvalue weighted by molar-refractivity contribution is 5.35. The number of benzene rings is 2. The molecular weight excluding hydrogens is 376 g/mol. The van der Waals surface area contributed by atoms with Crippen molar-refractivity contribution in [3.8, 4) is 0 Å². The van der Waals surface area contributed by atoms with E-state index >= 15 is 0 Å². The maximum Gasteiger partial charge on any atom is 0.0370 e. The van der Waals surface area contributed by atoms with Crippen molar-refractivity contribution < 1.29 is 0 Å². The van der Waals surface area contributed by atoms with Gasteiger partial charge in [-0.05, 0) is 74.3 Å². The maximum atomic E-state index is 2.76. The van der Waals surface area contributed by atoms with Gasteiger partial charge in [0.25, 0.3) is 0 Å². The first-order valence-electron chi connectivity index (χ1n) is 12.3. The van der Waals surface area contributed by atoms with Gasteiger partial charge in [-0.2, -0.15) is 0 Å². The highest BCUT2D eigenvalue weighted by atomic mass is 15.2. The monoisotopic (exact) mass is 412 g/mol. The first kappa shape index (κ1) is 20.6. The molecule has 3 aliphatic rings. The summed E-state index contributed by atoms with van der Waals surface area (Å²) in [6, 6.07) is 21.4. The molecule has 0 amide bonds. The molecule has 2 aliphatic carbocycles. The van der Waals surface area contributed by atoms with Gasteiger partial charge in [0, 0.05) is 30.9 Å². The first-order chi connectivity index (χ1) is 15.4. The summed E-state index contributed by atoms with van der Waals surface area (Å²) >= 11 is 0. The van der Waals surface area contributed by atoms with Crippen molar-refractivity contribution in [1.29, 1.82) is 0 Å². The van der Waals surface area contributed by atoms with E-state index in [-0.39, 0.29) is 0 Å².